The summed E-state index contributed by atoms with van der Waals surface area (Å²) in [5.41, 5.74) is 3.90. The van der Waals surface area contributed by atoms with E-state index in [0.717, 1.165) is 40.4 Å². The lowest BCUT2D eigenvalue weighted by atomic mass is 10.0. The molecule has 0 bridgehead atoms. The molecular weight excluding hydrogens is 330 g/mol. The zero-order chi connectivity index (χ0) is 18.1. The van der Waals surface area contributed by atoms with Crippen LogP contribution in [0.3, 0.4) is 0 Å². The minimum atomic E-state index is -0.0528. The van der Waals surface area contributed by atoms with E-state index in [1.165, 1.54) is 0 Å². The van der Waals surface area contributed by atoms with Gasteiger partial charge in [0.15, 0.2) is 11.5 Å². The minimum Gasteiger partial charge on any atom is -0.493 e. The van der Waals surface area contributed by atoms with Crippen LogP contribution in [0.25, 0.3) is 5.65 Å². The molecule has 0 saturated heterocycles. The van der Waals surface area contributed by atoms with Crippen LogP contribution in [0.5, 0.6) is 11.5 Å². The molecule has 1 atom stereocenters. The van der Waals surface area contributed by atoms with E-state index in [2.05, 4.69) is 10.3 Å². The molecule has 1 aliphatic rings. The van der Waals surface area contributed by atoms with Crippen molar-refractivity contribution in [3.63, 3.8) is 0 Å². The number of para-hydroxylation sites is 1. The van der Waals surface area contributed by atoms with Crippen LogP contribution >= 0.6 is 0 Å². The van der Waals surface area contributed by atoms with Gasteiger partial charge in [0.25, 0.3) is 0 Å². The Morgan fingerprint density at radius 3 is 3.12 bits per heavy atom. The molecule has 3 aromatic rings. The van der Waals surface area contributed by atoms with Gasteiger partial charge < -0.3 is 19.2 Å². The molecule has 134 valence electrons. The maximum absolute atomic E-state index is 12.5. The van der Waals surface area contributed by atoms with Gasteiger partial charge in [-0.2, -0.15) is 0 Å². The number of aryl methyl sites for hydroxylation is 1. The molecule has 26 heavy (non-hydrogen) atoms. The molecule has 2 aromatic heterocycles. The van der Waals surface area contributed by atoms with Gasteiger partial charge in [-0.25, -0.2) is 4.98 Å². The highest BCUT2D eigenvalue weighted by molar-refractivity contribution is 5.79. The maximum Gasteiger partial charge on any atom is 0.226 e. The number of fused-ring (bicyclic) bond motifs is 2. The SMILES string of the molecule is COc1cccc2c1OCC(NC(=O)Cc1cnc3c(C)cccn13)C2. The monoisotopic (exact) mass is 351 g/mol. The van der Waals surface area contributed by atoms with E-state index in [4.69, 9.17) is 9.47 Å². The molecule has 1 aliphatic heterocycles. The smallest absolute Gasteiger partial charge is 0.226 e. The topological polar surface area (TPSA) is 64.9 Å². The van der Waals surface area contributed by atoms with E-state index in [1.54, 1.807) is 13.3 Å². The molecule has 0 spiro atoms. The van der Waals surface area contributed by atoms with Crippen molar-refractivity contribution in [3.05, 3.63) is 59.5 Å². The van der Waals surface area contributed by atoms with Crippen molar-refractivity contribution < 1.29 is 14.3 Å². The Bertz CT molecular complexity index is 964. The van der Waals surface area contributed by atoms with Crippen molar-refractivity contribution in [1.82, 2.24) is 14.7 Å². The Morgan fingerprint density at radius 1 is 1.38 bits per heavy atom. The van der Waals surface area contributed by atoms with E-state index < -0.39 is 0 Å². The highest BCUT2D eigenvalue weighted by atomic mass is 16.5. The summed E-state index contributed by atoms with van der Waals surface area (Å²) in [7, 11) is 1.63. The highest BCUT2D eigenvalue weighted by Gasteiger charge is 2.24. The van der Waals surface area contributed by atoms with E-state index in [9.17, 15) is 4.79 Å². The van der Waals surface area contributed by atoms with E-state index in [-0.39, 0.29) is 18.4 Å². The second kappa shape index (κ2) is 6.71. The van der Waals surface area contributed by atoms with Crippen molar-refractivity contribution in [1.29, 1.82) is 0 Å². The summed E-state index contributed by atoms with van der Waals surface area (Å²) in [6, 6.07) is 9.74. The molecule has 0 radical (unpaired) electrons. The fraction of sp³-hybridized carbons (Fsp3) is 0.300. The number of pyridine rings is 1. The van der Waals surface area contributed by atoms with E-state index in [1.807, 2.05) is 47.9 Å². The number of hydrogen-bond donors (Lipinski definition) is 1. The normalized spacial score (nSPS) is 16.0. The number of methoxy groups -OCH3 is 1. The third kappa shape index (κ3) is 2.98. The van der Waals surface area contributed by atoms with Gasteiger partial charge in [-0.05, 0) is 31.0 Å². The average Bonchev–Trinajstić information content (AvgIpc) is 3.05. The third-order valence-electron chi connectivity index (χ3n) is 4.69. The Balaban J connectivity index is 1.44. The number of imidazole rings is 1. The fourth-order valence-corrected chi connectivity index (χ4v) is 3.42. The van der Waals surface area contributed by atoms with Crippen LogP contribution < -0.4 is 14.8 Å². The van der Waals surface area contributed by atoms with Crippen LogP contribution in [0.4, 0.5) is 0 Å². The molecule has 1 unspecified atom stereocenters. The molecular formula is C20H21N3O3. The summed E-state index contributed by atoms with van der Waals surface area (Å²) in [6.07, 6.45) is 4.71. The molecule has 3 heterocycles. The molecule has 1 N–H and O–H groups in total. The average molecular weight is 351 g/mol. The predicted molar refractivity (Wildman–Crippen MR) is 97.8 cm³/mol. The number of nitrogens with zero attached hydrogens (tertiary/aromatic N) is 2. The standard InChI is InChI=1S/C20H21N3O3/c1-13-5-4-8-23-16(11-21-20(13)23)10-18(24)22-15-9-14-6-3-7-17(25-2)19(14)26-12-15/h3-8,11,15H,9-10,12H2,1-2H3,(H,22,24). The van der Waals surface area contributed by atoms with Gasteiger partial charge in [0.05, 0.1) is 25.3 Å². The first-order chi connectivity index (χ1) is 12.7. The Kier molecular flexibility index (Phi) is 4.24. The van der Waals surface area contributed by atoms with Crippen LogP contribution in [0.1, 0.15) is 16.8 Å². The van der Waals surface area contributed by atoms with Crippen LogP contribution in [0, 0.1) is 6.92 Å². The number of hydrogen-bond acceptors (Lipinski definition) is 4. The number of carbonyl (C=O) groups excluding carboxylic acids is 1. The van der Waals surface area contributed by atoms with Gasteiger partial charge in [-0.1, -0.05) is 18.2 Å². The van der Waals surface area contributed by atoms with Crippen LogP contribution in [-0.2, 0) is 17.6 Å². The van der Waals surface area contributed by atoms with Crippen molar-refractivity contribution in [3.8, 4) is 11.5 Å². The fourth-order valence-electron chi connectivity index (χ4n) is 3.42. The first-order valence-electron chi connectivity index (χ1n) is 8.65. The first-order valence-corrected chi connectivity index (χ1v) is 8.65. The summed E-state index contributed by atoms with van der Waals surface area (Å²) in [5.74, 6) is 1.47. The number of ether oxygens (including phenoxy) is 2. The molecule has 0 saturated carbocycles. The van der Waals surface area contributed by atoms with Crippen LogP contribution in [0.15, 0.2) is 42.7 Å². The van der Waals surface area contributed by atoms with Crippen molar-refractivity contribution in [2.45, 2.75) is 25.8 Å². The van der Waals surface area contributed by atoms with Gasteiger partial charge in [-0.15, -0.1) is 0 Å². The predicted octanol–water partition coefficient (Wildman–Crippen LogP) is 2.31. The zero-order valence-corrected chi connectivity index (χ0v) is 14.9. The summed E-state index contributed by atoms with van der Waals surface area (Å²) in [5, 5.41) is 3.07. The lowest BCUT2D eigenvalue weighted by Crippen LogP contribution is -2.43. The molecule has 1 aromatic carbocycles. The van der Waals surface area contributed by atoms with E-state index in [0.29, 0.717) is 6.61 Å². The zero-order valence-electron chi connectivity index (χ0n) is 14.9. The van der Waals surface area contributed by atoms with Gasteiger partial charge in [0.1, 0.15) is 12.3 Å². The maximum atomic E-state index is 12.5. The van der Waals surface area contributed by atoms with Gasteiger partial charge in [-0.3, -0.25) is 4.79 Å². The minimum absolute atomic E-state index is 0.0340. The molecule has 0 aliphatic carbocycles. The van der Waals surface area contributed by atoms with Crippen LogP contribution in [-0.4, -0.2) is 35.1 Å². The number of benzene rings is 1. The summed E-state index contributed by atoms with van der Waals surface area (Å²) in [6.45, 7) is 2.45. The number of nitrogens with one attached hydrogen (secondary N) is 1. The molecule has 6 nitrogen and oxygen atoms in total. The second-order valence-corrected chi connectivity index (χ2v) is 6.54. The molecule has 6 heteroatoms. The molecule has 0 fully saturated rings. The number of aromatic nitrogens is 2. The summed E-state index contributed by atoms with van der Waals surface area (Å²) >= 11 is 0. The first kappa shape index (κ1) is 16.4. The second-order valence-electron chi connectivity index (χ2n) is 6.54. The van der Waals surface area contributed by atoms with Gasteiger partial charge in [0.2, 0.25) is 5.91 Å². The largest absolute Gasteiger partial charge is 0.493 e. The summed E-state index contributed by atoms with van der Waals surface area (Å²) < 4.78 is 13.1. The van der Waals surface area contributed by atoms with Crippen molar-refractivity contribution in [2.24, 2.45) is 0 Å². The van der Waals surface area contributed by atoms with Gasteiger partial charge in [0, 0.05) is 18.0 Å². The van der Waals surface area contributed by atoms with Crippen molar-refractivity contribution >= 4 is 11.6 Å². The number of rotatable bonds is 4. The number of carbonyl (C=O) groups is 1. The quantitative estimate of drug-likeness (QED) is 0.783. The number of amides is 1. The Morgan fingerprint density at radius 2 is 2.27 bits per heavy atom. The summed E-state index contributed by atoms with van der Waals surface area (Å²) in [4.78, 5) is 16.9. The van der Waals surface area contributed by atoms with E-state index >= 15 is 0 Å². The Labute approximate surface area is 151 Å². The molecule has 1 amide bonds. The van der Waals surface area contributed by atoms with Gasteiger partial charge >= 0.3 is 0 Å². The van der Waals surface area contributed by atoms with Crippen LogP contribution in [0.2, 0.25) is 0 Å². The Hall–Kier alpha value is -3.02. The molecule has 4 rings (SSSR count). The lowest BCUT2D eigenvalue weighted by Gasteiger charge is -2.27. The lowest BCUT2D eigenvalue weighted by molar-refractivity contribution is -0.121. The highest BCUT2D eigenvalue weighted by Crippen LogP contribution is 2.34. The third-order valence-corrected chi connectivity index (χ3v) is 4.69. The van der Waals surface area contributed by atoms with Crippen molar-refractivity contribution in [2.75, 3.05) is 13.7 Å².